The lowest BCUT2D eigenvalue weighted by atomic mass is 10.0. The van der Waals surface area contributed by atoms with Crippen molar-refractivity contribution in [2.75, 3.05) is 31.1 Å². The highest BCUT2D eigenvalue weighted by Gasteiger charge is 2.25. The summed E-state index contributed by atoms with van der Waals surface area (Å²) in [7, 11) is 0. The fraction of sp³-hybridized carbons (Fsp3) is 0.500. The third-order valence-electron chi connectivity index (χ3n) is 5.64. The molecule has 6 nitrogen and oxygen atoms in total. The lowest BCUT2D eigenvalue weighted by Gasteiger charge is -2.33. The van der Waals surface area contributed by atoms with Gasteiger partial charge >= 0.3 is 0 Å². The number of carbonyl (C=O) groups excluding carboxylic acids is 1. The molecule has 1 amide bonds. The summed E-state index contributed by atoms with van der Waals surface area (Å²) < 4.78 is 5.96. The molecule has 0 spiro atoms. The predicted octanol–water partition coefficient (Wildman–Crippen LogP) is 3.40. The van der Waals surface area contributed by atoms with Crippen molar-refractivity contribution in [1.82, 2.24) is 14.9 Å². The van der Waals surface area contributed by atoms with Gasteiger partial charge in [-0.05, 0) is 43.0 Å². The lowest BCUT2D eigenvalue weighted by Crippen LogP contribution is -2.41. The van der Waals surface area contributed by atoms with Crippen molar-refractivity contribution in [3.8, 4) is 5.75 Å². The second-order valence-electron chi connectivity index (χ2n) is 7.90. The van der Waals surface area contributed by atoms with E-state index in [0.29, 0.717) is 24.6 Å². The molecule has 0 unspecified atom stereocenters. The summed E-state index contributed by atoms with van der Waals surface area (Å²) >= 11 is 0. The number of piperidine rings is 2. The van der Waals surface area contributed by atoms with Gasteiger partial charge in [-0.3, -0.25) is 9.78 Å². The second kappa shape index (κ2) is 8.59. The number of aromatic nitrogens is 2. The van der Waals surface area contributed by atoms with Crippen molar-refractivity contribution in [2.24, 2.45) is 5.92 Å². The zero-order chi connectivity index (χ0) is 19.3. The van der Waals surface area contributed by atoms with Crippen LogP contribution in [0, 0.1) is 5.92 Å². The molecule has 2 aromatic heterocycles. The van der Waals surface area contributed by atoms with Crippen LogP contribution < -0.4 is 9.64 Å². The minimum Gasteiger partial charge on any atom is -0.489 e. The van der Waals surface area contributed by atoms with Crippen LogP contribution in [0.25, 0.3) is 0 Å². The van der Waals surface area contributed by atoms with Crippen molar-refractivity contribution in [2.45, 2.75) is 38.7 Å². The Hall–Kier alpha value is -2.63. The first-order valence-corrected chi connectivity index (χ1v) is 10.3. The highest BCUT2D eigenvalue weighted by molar-refractivity contribution is 5.94. The van der Waals surface area contributed by atoms with E-state index in [2.05, 4.69) is 21.8 Å². The number of carbonyl (C=O) groups is 1. The molecule has 2 saturated heterocycles. The number of pyridine rings is 2. The van der Waals surface area contributed by atoms with Crippen LogP contribution in [0.1, 0.15) is 43.0 Å². The average molecular weight is 380 g/mol. The van der Waals surface area contributed by atoms with E-state index >= 15 is 0 Å². The van der Waals surface area contributed by atoms with Gasteiger partial charge in [0.2, 0.25) is 0 Å². The number of anilines is 1. The largest absolute Gasteiger partial charge is 0.489 e. The highest BCUT2D eigenvalue weighted by atomic mass is 16.5. The standard InChI is InChI=1S/C22H28N4O2/c1-17-4-3-11-26(16-17)21-7-6-18(14-24-21)22(27)25-12-8-19(9-13-25)28-20-5-2-10-23-15-20/h2,5-7,10,14-15,17,19H,3-4,8-9,11-13,16H2,1H3/t17-/m0/s1. The van der Waals surface area contributed by atoms with Gasteiger partial charge in [0.1, 0.15) is 17.7 Å². The van der Waals surface area contributed by atoms with Crippen LogP contribution in [0.5, 0.6) is 5.75 Å². The summed E-state index contributed by atoms with van der Waals surface area (Å²) in [6, 6.07) is 7.70. The Bertz CT molecular complexity index is 773. The van der Waals surface area contributed by atoms with Crippen molar-refractivity contribution >= 4 is 11.7 Å². The molecular weight excluding hydrogens is 352 g/mol. The quantitative estimate of drug-likeness (QED) is 0.814. The summed E-state index contributed by atoms with van der Waals surface area (Å²) in [5.74, 6) is 2.53. The van der Waals surface area contributed by atoms with Crippen LogP contribution in [-0.2, 0) is 0 Å². The van der Waals surface area contributed by atoms with E-state index in [-0.39, 0.29) is 12.0 Å². The Morgan fingerprint density at radius 3 is 2.64 bits per heavy atom. The summed E-state index contributed by atoms with van der Waals surface area (Å²) in [5.41, 5.74) is 0.667. The second-order valence-corrected chi connectivity index (χ2v) is 7.90. The van der Waals surface area contributed by atoms with Gasteiger partial charge in [0.25, 0.3) is 5.91 Å². The first kappa shape index (κ1) is 18.7. The molecule has 0 aromatic carbocycles. The Morgan fingerprint density at radius 1 is 1.11 bits per heavy atom. The molecule has 1 atom stereocenters. The van der Waals surface area contributed by atoms with E-state index in [4.69, 9.17) is 4.74 Å². The maximum atomic E-state index is 12.8. The predicted molar refractivity (Wildman–Crippen MR) is 109 cm³/mol. The molecule has 0 N–H and O–H groups in total. The molecule has 0 aliphatic carbocycles. The molecule has 0 radical (unpaired) electrons. The van der Waals surface area contributed by atoms with Crippen molar-refractivity contribution in [1.29, 1.82) is 0 Å². The number of hydrogen-bond acceptors (Lipinski definition) is 5. The van der Waals surface area contributed by atoms with Crippen LogP contribution in [0.15, 0.2) is 42.9 Å². The number of rotatable bonds is 4. The van der Waals surface area contributed by atoms with Gasteiger partial charge in [0.05, 0.1) is 11.8 Å². The Balaban J connectivity index is 1.31. The van der Waals surface area contributed by atoms with E-state index in [1.165, 1.54) is 12.8 Å². The topological polar surface area (TPSA) is 58.6 Å². The molecule has 148 valence electrons. The molecule has 2 fully saturated rings. The van der Waals surface area contributed by atoms with Crippen LogP contribution in [0.2, 0.25) is 0 Å². The van der Waals surface area contributed by atoms with E-state index in [1.807, 2.05) is 29.2 Å². The van der Waals surface area contributed by atoms with Crippen molar-refractivity contribution in [3.05, 3.63) is 48.4 Å². The summed E-state index contributed by atoms with van der Waals surface area (Å²) in [5, 5.41) is 0. The first-order valence-electron chi connectivity index (χ1n) is 10.3. The summed E-state index contributed by atoms with van der Waals surface area (Å²) in [6.07, 6.45) is 9.49. The van der Waals surface area contributed by atoms with E-state index in [0.717, 1.165) is 37.5 Å². The Labute approximate surface area is 166 Å². The Kier molecular flexibility index (Phi) is 5.74. The zero-order valence-electron chi connectivity index (χ0n) is 16.5. The van der Waals surface area contributed by atoms with Crippen LogP contribution >= 0.6 is 0 Å². The lowest BCUT2D eigenvalue weighted by molar-refractivity contribution is 0.0594. The molecule has 6 heteroatoms. The first-order chi connectivity index (χ1) is 13.7. The monoisotopic (exact) mass is 380 g/mol. The van der Waals surface area contributed by atoms with Gasteiger partial charge in [-0.2, -0.15) is 0 Å². The van der Waals surface area contributed by atoms with Crippen LogP contribution in [0.4, 0.5) is 5.82 Å². The molecule has 2 aromatic rings. The third-order valence-corrected chi connectivity index (χ3v) is 5.64. The van der Waals surface area contributed by atoms with Crippen LogP contribution in [-0.4, -0.2) is 53.1 Å². The highest BCUT2D eigenvalue weighted by Crippen LogP contribution is 2.23. The Morgan fingerprint density at radius 2 is 1.96 bits per heavy atom. The van der Waals surface area contributed by atoms with Crippen LogP contribution in [0.3, 0.4) is 0 Å². The molecule has 4 heterocycles. The maximum absolute atomic E-state index is 12.8. The fourth-order valence-corrected chi connectivity index (χ4v) is 4.07. The number of hydrogen-bond donors (Lipinski definition) is 0. The van der Waals surface area contributed by atoms with E-state index < -0.39 is 0 Å². The molecule has 0 bridgehead atoms. The number of nitrogens with zero attached hydrogens (tertiary/aromatic N) is 4. The van der Waals surface area contributed by atoms with E-state index in [9.17, 15) is 4.79 Å². The van der Waals surface area contributed by atoms with Gasteiger partial charge in [-0.15, -0.1) is 0 Å². The fourth-order valence-electron chi connectivity index (χ4n) is 4.07. The SMILES string of the molecule is C[C@H]1CCCN(c2ccc(C(=O)N3CCC(Oc4cccnc4)CC3)cn2)C1. The maximum Gasteiger partial charge on any atom is 0.255 e. The smallest absolute Gasteiger partial charge is 0.255 e. The van der Waals surface area contributed by atoms with Crippen molar-refractivity contribution in [3.63, 3.8) is 0 Å². The van der Waals surface area contributed by atoms with E-state index in [1.54, 1.807) is 18.6 Å². The molecule has 2 aliphatic rings. The normalized spacial score (nSPS) is 20.8. The van der Waals surface area contributed by atoms with Gasteiger partial charge in [0, 0.05) is 51.4 Å². The zero-order valence-corrected chi connectivity index (χ0v) is 16.5. The minimum atomic E-state index is 0.0610. The van der Waals surface area contributed by atoms with Gasteiger partial charge in [-0.25, -0.2) is 4.98 Å². The summed E-state index contributed by atoms with van der Waals surface area (Å²) in [4.78, 5) is 25.7. The van der Waals surface area contributed by atoms with Gasteiger partial charge < -0.3 is 14.5 Å². The molecule has 4 rings (SSSR count). The minimum absolute atomic E-state index is 0.0610. The van der Waals surface area contributed by atoms with Crippen molar-refractivity contribution < 1.29 is 9.53 Å². The summed E-state index contributed by atoms with van der Waals surface area (Å²) in [6.45, 7) is 5.79. The van der Waals surface area contributed by atoms with Gasteiger partial charge in [0.15, 0.2) is 0 Å². The molecule has 2 aliphatic heterocycles. The average Bonchev–Trinajstić information content (AvgIpc) is 2.75. The molecular formula is C22H28N4O2. The number of likely N-dealkylation sites (tertiary alicyclic amines) is 1. The molecule has 0 saturated carbocycles. The number of amides is 1. The number of ether oxygens (including phenoxy) is 1. The van der Waals surface area contributed by atoms with Gasteiger partial charge in [-0.1, -0.05) is 6.92 Å². The molecule has 28 heavy (non-hydrogen) atoms. The third kappa shape index (κ3) is 4.43.